The van der Waals surface area contributed by atoms with Gasteiger partial charge in [0.2, 0.25) is 0 Å². The molecular weight excluding hydrogens is 1330 g/mol. The second-order valence-electron chi connectivity index (χ2n) is 29.5. The van der Waals surface area contributed by atoms with Crippen molar-refractivity contribution in [1.29, 1.82) is 0 Å². The van der Waals surface area contributed by atoms with Crippen LogP contribution in [-0.2, 0) is 5.41 Å². The minimum Gasteiger partial charge on any atom is -0.456 e. The molecule has 0 saturated carbocycles. The Balaban J connectivity index is 0.000000130. The molecule has 18 aromatic carbocycles. The molecule has 0 N–H and O–H groups in total. The summed E-state index contributed by atoms with van der Waals surface area (Å²) in [7, 11) is 0. The molecule has 4 nitrogen and oxygen atoms in total. The van der Waals surface area contributed by atoms with E-state index in [4.69, 9.17) is 17.7 Å². The molecule has 1 aliphatic carbocycles. The molecule has 1 aliphatic rings. The molecule has 5 heterocycles. The van der Waals surface area contributed by atoms with Crippen molar-refractivity contribution in [2.45, 2.75) is 19.3 Å². The second kappa shape index (κ2) is 23.2. The lowest BCUT2D eigenvalue weighted by Gasteiger charge is -2.22. The molecule has 0 fully saturated rings. The molecule has 108 heavy (non-hydrogen) atoms. The summed E-state index contributed by atoms with van der Waals surface area (Å²) in [5, 5.41) is 21.4. The Morgan fingerprint density at radius 2 is 0.556 bits per heavy atom. The minimum absolute atomic E-state index is 0.0939. The van der Waals surface area contributed by atoms with Crippen molar-refractivity contribution in [2.75, 3.05) is 0 Å². The molecule has 5 heteroatoms. The maximum absolute atomic E-state index is 6.91. The number of benzene rings is 18. The normalized spacial score (nSPS) is 12.8. The van der Waals surface area contributed by atoms with Gasteiger partial charge >= 0.3 is 0 Å². The van der Waals surface area contributed by atoms with Crippen molar-refractivity contribution in [3.63, 3.8) is 0 Å². The first kappa shape index (κ1) is 60.8. The summed E-state index contributed by atoms with van der Waals surface area (Å²) in [5.74, 6) is 0. The Morgan fingerprint density at radius 3 is 1.12 bits per heavy atom. The molecule has 0 atom stereocenters. The zero-order chi connectivity index (χ0) is 71.0. The van der Waals surface area contributed by atoms with E-state index in [0.29, 0.717) is 0 Å². The molecule has 23 aromatic rings. The fraction of sp³-hybridized carbons (Fsp3) is 0.0291. The molecule has 0 bridgehead atoms. The zero-order valence-electron chi connectivity index (χ0n) is 58.9. The molecule has 24 rings (SSSR count). The summed E-state index contributed by atoms with van der Waals surface area (Å²) in [6.07, 6.45) is 0. The van der Waals surface area contributed by atoms with Gasteiger partial charge in [0, 0.05) is 79.8 Å². The maximum atomic E-state index is 6.91. The number of fused-ring (bicyclic) bond motifs is 22. The highest BCUT2D eigenvalue weighted by molar-refractivity contribution is 7.25. The first-order valence-corrected chi connectivity index (χ1v) is 37.9. The predicted octanol–water partition coefficient (Wildman–Crippen LogP) is 30.3. The van der Waals surface area contributed by atoms with Crippen LogP contribution in [0.1, 0.15) is 25.0 Å². The van der Waals surface area contributed by atoms with Crippen LogP contribution in [-0.4, -0.2) is 0 Å². The van der Waals surface area contributed by atoms with E-state index in [0.717, 1.165) is 110 Å². The van der Waals surface area contributed by atoms with Crippen molar-refractivity contribution in [2.24, 2.45) is 0 Å². The summed E-state index contributed by atoms with van der Waals surface area (Å²) in [6.45, 7) is 4.69. The van der Waals surface area contributed by atoms with Crippen molar-refractivity contribution in [3.05, 3.63) is 351 Å². The van der Waals surface area contributed by atoms with E-state index in [2.05, 4.69) is 329 Å². The molecule has 0 amide bonds. The number of hydrogen-bond acceptors (Lipinski definition) is 5. The third-order valence-electron chi connectivity index (χ3n) is 23.4. The first-order chi connectivity index (χ1) is 53.3. The van der Waals surface area contributed by atoms with E-state index in [1.807, 2.05) is 35.6 Å². The summed E-state index contributed by atoms with van der Waals surface area (Å²) in [6, 6.07) is 123. The summed E-state index contributed by atoms with van der Waals surface area (Å²) >= 11 is 1.86. The van der Waals surface area contributed by atoms with Crippen molar-refractivity contribution >= 4 is 162 Å². The van der Waals surface area contributed by atoms with E-state index < -0.39 is 0 Å². The van der Waals surface area contributed by atoms with Gasteiger partial charge in [-0.2, -0.15) is 0 Å². The minimum atomic E-state index is -0.0939. The van der Waals surface area contributed by atoms with Crippen LogP contribution in [0, 0.1) is 0 Å². The van der Waals surface area contributed by atoms with Crippen LogP contribution < -0.4 is 0 Å². The number of rotatable bonds is 6. The van der Waals surface area contributed by atoms with Crippen molar-refractivity contribution in [1.82, 2.24) is 0 Å². The summed E-state index contributed by atoms with van der Waals surface area (Å²) in [5.41, 5.74) is 26.5. The molecular formula is C103H62O4S. The highest BCUT2D eigenvalue weighted by atomic mass is 32.1. The molecule has 0 unspecified atom stereocenters. The maximum Gasteiger partial charge on any atom is 0.143 e. The highest BCUT2D eigenvalue weighted by Crippen LogP contribution is 2.55. The van der Waals surface area contributed by atoms with Crippen LogP contribution in [0.5, 0.6) is 0 Å². The third-order valence-corrected chi connectivity index (χ3v) is 24.5. The van der Waals surface area contributed by atoms with Gasteiger partial charge in [0.05, 0.1) is 0 Å². The van der Waals surface area contributed by atoms with Crippen LogP contribution in [0.4, 0.5) is 0 Å². The topological polar surface area (TPSA) is 52.6 Å². The van der Waals surface area contributed by atoms with Gasteiger partial charge in [-0.25, -0.2) is 0 Å². The predicted molar refractivity (Wildman–Crippen MR) is 455 cm³/mol. The van der Waals surface area contributed by atoms with Crippen molar-refractivity contribution < 1.29 is 17.7 Å². The molecule has 0 radical (unpaired) electrons. The standard InChI is InChI=1S/C53H34O2.C50H28O2S/c1-53(2)44-20-10-7-13-34(44)35-25-23-31(29-45(35)53)33-27-28-43(51-42-19-9-12-22-47(42)55-52(33)51)50-40-17-5-3-15-38(40)49(39-16-4-6-18-41(39)50)32-24-26-37-36-14-8-11-21-46(36)54-48(37)30-32;1-3-15-36-34(13-1)47(30-22-26-46-41(28-30)33-12-7-10-20-45(33)53-46)35-14-2-4-16-37(35)48(36)39-24-23-31(50-49(39)38-17-6-9-19-43(38)52-50)29-21-25-44-40(27-29)32-11-5-8-18-42(32)51-44/h3-30H,1-2H3;1-28H. The molecule has 504 valence electrons. The largest absolute Gasteiger partial charge is 0.456 e. The average Bonchev–Trinajstić information content (AvgIpc) is 1.26. The SMILES string of the molecule is CC1(C)c2ccccc2-c2ccc(-c3ccc(-c4c5ccccc5c(-c5ccc6c(c5)oc5ccccc56)c5ccccc45)c4c3oc3ccccc34)cc21.c1ccc2c(c1)oc1ccc(-c3ccc(-c4c5ccccc5c(-c5ccc6sc7ccccc7c6c5)c5ccccc45)c4c3oc3ccccc34)cc12. The summed E-state index contributed by atoms with van der Waals surface area (Å²) in [4.78, 5) is 0. The van der Waals surface area contributed by atoms with Crippen LogP contribution in [0.2, 0.25) is 0 Å². The molecule has 5 aromatic heterocycles. The highest BCUT2D eigenvalue weighted by Gasteiger charge is 2.36. The number of furan rings is 4. The lowest BCUT2D eigenvalue weighted by molar-refractivity contribution is 0.660. The van der Waals surface area contributed by atoms with Crippen molar-refractivity contribution in [3.8, 4) is 77.9 Å². The van der Waals surface area contributed by atoms with E-state index >= 15 is 0 Å². The van der Waals surface area contributed by atoms with Gasteiger partial charge in [0.15, 0.2) is 0 Å². The third kappa shape index (κ3) is 8.91. The molecule has 0 saturated heterocycles. The van der Waals surface area contributed by atoms with E-state index in [1.54, 1.807) is 0 Å². The average molecular weight is 1400 g/mol. The smallest absolute Gasteiger partial charge is 0.143 e. The summed E-state index contributed by atoms with van der Waals surface area (Å²) < 4.78 is 29.0. The lowest BCUT2D eigenvalue weighted by Crippen LogP contribution is -2.14. The fourth-order valence-corrected chi connectivity index (χ4v) is 19.6. The number of hydrogen-bond donors (Lipinski definition) is 0. The van der Waals surface area contributed by atoms with Crippen LogP contribution in [0.3, 0.4) is 0 Å². The van der Waals surface area contributed by atoms with Gasteiger partial charge in [-0.3, -0.25) is 0 Å². The van der Waals surface area contributed by atoms with E-state index in [9.17, 15) is 0 Å². The Labute approximate surface area is 623 Å². The molecule has 0 aliphatic heterocycles. The number of thiophene rings is 1. The Morgan fingerprint density at radius 1 is 0.204 bits per heavy atom. The van der Waals surface area contributed by atoms with Crippen LogP contribution in [0.25, 0.3) is 229 Å². The lowest BCUT2D eigenvalue weighted by atomic mass is 9.81. The van der Waals surface area contributed by atoms with Gasteiger partial charge < -0.3 is 17.7 Å². The van der Waals surface area contributed by atoms with Gasteiger partial charge in [0.25, 0.3) is 0 Å². The van der Waals surface area contributed by atoms with Gasteiger partial charge in [-0.1, -0.05) is 269 Å². The fourth-order valence-electron chi connectivity index (χ4n) is 18.5. The Bertz CT molecular complexity index is 7680. The van der Waals surface area contributed by atoms with Crippen LogP contribution >= 0.6 is 11.3 Å². The zero-order valence-corrected chi connectivity index (χ0v) is 59.7. The van der Waals surface area contributed by atoms with Gasteiger partial charge in [-0.05, 0) is 206 Å². The quantitative estimate of drug-likeness (QED) is 0.156. The first-order valence-electron chi connectivity index (χ1n) is 37.1. The van der Waals surface area contributed by atoms with Crippen LogP contribution in [0.15, 0.2) is 357 Å². The van der Waals surface area contributed by atoms with E-state index in [-0.39, 0.29) is 5.41 Å². The molecule has 0 spiro atoms. The van der Waals surface area contributed by atoms with E-state index in [1.165, 1.54) is 130 Å². The monoisotopic (exact) mass is 1390 g/mol. The van der Waals surface area contributed by atoms with Gasteiger partial charge in [-0.15, -0.1) is 11.3 Å². The second-order valence-corrected chi connectivity index (χ2v) is 30.6. The Hall–Kier alpha value is -13.6. The Kier molecular flexibility index (Phi) is 13.1. The van der Waals surface area contributed by atoms with Gasteiger partial charge in [0.1, 0.15) is 44.7 Å². The number of para-hydroxylation sites is 4.